The number of alkyl halides is 1. The zero-order valence-corrected chi connectivity index (χ0v) is 11.6. The molecule has 0 aliphatic carbocycles. The lowest BCUT2D eigenvalue weighted by Crippen LogP contribution is -2.12. The highest BCUT2D eigenvalue weighted by Crippen LogP contribution is 2.18. The van der Waals surface area contributed by atoms with Gasteiger partial charge in [0.15, 0.2) is 5.78 Å². The summed E-state index contributed by atoms with van der Waals surface area (Å²) < 4.78 is 4.64. The van der Waals surface area contributed by atoms with Gasteiger partial charge >= 0.3 is 5.97 Å². The molecule has 6 heteroatoms. The molecule has 0 unspecified atom stereocenters. The summed E-state index contributed by atoms with van der Waals surface area (Å²) in [5.74, 6) is -0.719. The normalized spacial score (nSPS) is 10.4. The maximum atomic E-state index is 11.7. The standard InChI is InChI=1S/C13H10BrNO4/c1-19-13(18)9-5-12(17)15-10-3-2-7(4-8(9)10)11(16)6-14/h2-5H,6H2,1H3,(H,15,17). The zero-order valence-electron chi connectivity index (χ0n) is 10.0. The molecule has 5 nitrogen and oxygen atoms in total. The van der Waals surface area contributed by atoms with E-state index in [1.54, 1.807) is 18.2 Å². The van der Waals surface area contributed by atoms with Crippen LogP contribution in [0.5, 0.6) is 0 Å². The number of ether oxygens (including phenoxy) is 1. The van der Waals surface area contributed by atoms with Gasteiger partial charge in [-0.3, -0.25) is 9.59 Å². The SMILES string of the molecule is COC(=O)c1cc(=O)[nH]c2ccc(C(=O)CBr)cc12. The first-order valence-electron chi connectivity index (χ1n) is 5.41. The third-order valence-corrected chi connectivity index (χ3v) is 3.20. The molecule has 0 amide bonds. The maximum Gasteiger partial charge on any atom is 0.338 e. The van der Waals surface area contributed by atoms with Crippen molar-refractivity contribution >= 4 is 38.6 Å². The number of benzene rings is 1. The first kappa shape index (κ1) is 13.5. The second kappa shape index (κ2) is 5.36. The van der Waals surface area contributed by atoms with Crippen molar-refractivity contribution in [1.29, 1.82) is 0 Å². The molecule has 0 bridgehead atoms. The number of nitrogens with one attached hydrogen (secondary N) is 1. The smallest absolute Gasteiger partial charge is 0.338 e. The first-order chi connectivity index (χ1) is 9.06. The molecule has 0 radical (unpaired) electrons. The number of aromatic nitrogens is 1. The Balaban J connectivity index is 2.75. The Bertz CT molecular complexity index is 720. The molecule has 2 rings (SSSR count). The minimum atomic E-state index is -0.612. The second-order valence-corrected chi connectivity index (χ2v) is 4.42. The van der Waals surface area contributed by atoms with Crippen LogP contribution in [0.15, 0.2) is 29.1 Å². The van der Waals surface area contributed by atoms with E-state index in [1.807, 2.05) is 0 Å². The Hall–Kier alpha value is -1.95. The molecular weight excluding hydrogens is 314 g/mol. The number of Topliss-reactive ketones (excluding diaryl/α,β-unsaturated/α-hetero) is 1. The van der Waals surface area contributed by atoms with Crippen molar-refractivity contribution in [3.63, 3.8) is 0 Å². The molecule has 1 aromatic heterocycles. The van der Waals surface area contributed by atoms with Crippen molar-refractivity contribution in [2.75, 3.05) is 12.4 Å². The summed E-state index contributed by atoms with van der Waals surface area (Å²) in [6.07, 6.45) is 0. The third-order valence-electron chi connectivity index (χ3n) is 2.69. The van der Waals surface area contributed by atoms with E-state index in [4.69, 9.17) is 0 Å². The van der Waals surface area contributed by atoms with Gasteiger partial charge < -0.3 is 9.72 Å². The fourth-order valence-electron chi connectivity index (χ4n) is 1.78. The first-order valence-corrected chi connectivity index (χ1v) is 6.53. The van der Waals surface area contributed by atoms with Crippen LogP contribution in [0.25, 0.3) is 10.9 Å². The van der Waals surface area contributed by atoms with Gasteiger partial charge in [0.2, 0.25) is 5.56 Å². The van der Waals surface area contributed by atoms with Gasteiger partial charge in [-0.05, 0) is 18.2 Å². The number of H-pyrrole nitrogens is 1. The number of hydrogen-bond acceptors (Lipinski definition) is 4. The van der Waals surface area contributed by atoms with Crippen LogP contribution in [0.3, 0.4) is 0 Å². The van der Waals surface area contributed by atoms with Crippen LogP contribution in [0.1, 0.15) is 20.7 Å². The van der Waals surface area contributed by atoms with E-state index in [9.17, 15) is 14.4 Å². The highest BCUT2D eigenvalue weighted by molar-refractivity contribution is 9.09. The molecular formula is C13H10BrNO4. The number of aromatic amines is 1. The summed E-state index contributed by atoms with van der Waals surface area (Å²) in [6, 6.07) is 5.93. The lowest BCUT2D eigenvalue weighted by molar-refractivity contribution is 0.0602. The number of pyridine rings is 1. The van der Waals surface area contributed by atoms with E-state index in [-0.39, 0.29) is 16.7 Å². The number of fused-ring (bicyclic) bond motifs is 1. The van der Waals surface area contributed by atoms with Crippen molar-refractivity contribution in [1.82, 2.24) is 4.98 Å². The van der Waals surface area contributed by atoms with Crippen molar-refractivity contribution in [3.05, 3.63) is 45.7 Å². The van der Waals surface area contributed by atoms with E-state index in [1.165, 1.54) is 7.11 Å². The van der Waals surface area contributed by atoms with Crippen molar-refractivity contribution in [2.24, 2.45) is 0 Å². The highest BCUT2D eigenvalue weighted by atomic mass is 79.9. The average molecular weight is 324 g/mol. The van der Waals surface area contributed by atoms with Crippen LogP contribution < -0.4 is 5.56 Å². The van der Waals surface area contributed by atoms with E-state index in [2.05, 4.69) is 25.7 Å². The molecule has 98 valence electrons. The summed E-state index contributed by atoms with van der Waals surface area (Å²) >= 11 is 3.09. The number of rotatable bonds is 3. The molecule has 0 fully saturated rings. The molecule has 19 heavy (non-hydrogen) atoms. The Kier molecular flexibility index (Phi) is 3.80. The minimum Gasteiger partial charge on any atom is -0.465 e. The molecule has 1 aromatic carbocycles. The summed E-state index contributed by atoms with van der Waals surface area (Å²) in [7, 11) is 1.24. The quantitative estimate of drug-likeness (QED) is 0.531. The van der Waals surface area contributed by atoms with Crippen molar-refractivity contribution < 1.29 is 14.3 Å². The lowest BCUT2D eigenvalue weighted by atomic mass is 10.0. The summed E-state index contributed by atoms with van der Waals surface area (Å²) in [4.78, 5) is 37.4. The maximum absolute atomic E-state index is 11.7. The van der Waals surface area contributed by atoms with Gasteiger partial charge in [0.1, 0.15) is 0 Å². The summed E-state index contributed by atoms with van der Waals surface area (Å²) in [5, 5.41) is 0.674. The third kappa shape index (κ3) is 2.58. The minimum absolute atomic E-state index is 0.107. The van der Waals surface area contributed by atoms with Gasteiger partial charge in [0.05, 0.1) is 18.0 Å². The van der Waals surface area contributed by atoms with Gasteiger partial charge in [-0.2, -0.15) is 0 Å². The molecule has 1 heterocycles. The molecule has 0 saturated carbocycles. The number of ketones is 1. The summed E-state index contributed by atoms with van der Waals surface area (Å²) in [6.45, 7) is 0. The second-order valence-electron chi connectivity index (χ2n) is 3.86. The zero-order chi connectivity index (χ0) is 14.0. The van der Waals surface area contributed by atoms with E-state index in [0.717, 1.165) is 6.07 Å². The number of carbonyl (C=O) groups is 2. The molecule has 2 aromatic rings. The Morgan fingerprint density at radius 1 is 1.32 bits per heavy atom. The molecule has 0 aliphatic heterocycles. The predicted octanol–water partition coefficient (Wildman–Crippen LogP) is 1.89. The van der Waals surface area contributed by atoms with Gasteiger partial charge in [0, 0.05) is 22.5 Å². The number of esters is 1. The van der Waals surface area contributed by atoms with Crippen LogP contribution in [0, 0.1) is 0 Å². The number of carbonyl (C=O) groups excluding carboxylic acids is 2. The average Bonchev–Trinajstić information content (AvgIpc) is 2.44. The monoisotopic (exact) mass is 323 g/mol. The van der Waals surface area contributed by atoms with Gasteiger partial charge in [0.25, 0.3) is 0 Å². The van der Waals surface area contributed by atoms with Gasteiger partial charge in [-0.15, -0.1) is 0 Å². The number of halogens is 1. The summed E-state index contributed by atoms with van der Waals surface area (Å²) in [5.41, 5.74) is 0.693. The molecule has 0 aliphatic rings. The van der Waals surface area contributed by atoms with E-state index >= 15 is 0 Å². The Labute approximate surface area is 116 Å². The van der Waals surface area contributed by atoms with Crippen LogP contribution in [-0.2, 0) is 4.74 Å². The van der Waals surface area contributed by atoms with E-state index < -0.39 is 11.5 Å². The molecule has 0 atom stereocenters. The predicted molar refractivity (Wildman–Crippen MR) is 74.0 cm³/mol. The van der Waals surface area contributed by atoms with Crippen LogP contribution in [0.4, 0.5) is 0 Å². The molecule has 0 spiro atoms. The van der Waals surface area contributed by atoms with Gasteiger partial charge in [-0.25, -0.2) is 4.79 Å². The largest absolute Gasteiger partial charge is 0.465 e. The molecule has 1 N–H and O–H groups in total. The van der Waals surface area contributed by atoms with E-state index in [0.29, 0.717) is 16.5 Å². The number of methoxy groups -OCH3 is 1. The molecule has 0 saturated heterocycles. The van der Waals surface area contributed by atoms with Crippen molar-refractivity contribution in [3.8, 4) is 0 Å². The number of hydrogen-bond donors (Lipinski definition) is 1. The van der Waals surface area contributed by atoms with Crippen LogP contribution in [-0.4, -0.2) is 29.2 Å². The fraction of sp³-hybridized carbons (Fsp3) is 0.154. The van der Waals surface area contributed by atoms with Crippen molar-refractivity contribution in [2.45, 2.75) is 0 Å². The fourth-order valence-corrected chi connectivity index (χ4v) is 2.11. The lowest BCUT2D eigenvalue weighted by Gasteiger charge is -2.06. The Morgan fingerprint density at radius 2 is 2.05 bits per heavy atom. The Morgan fingerprint density at radius 3 is 2.68 bits per heavy atom. The highest BCUT2D eigenvalue weighted by Gasteiger charge is 2.14. The topological polar surface area (TPSA) is 76.2 Å². The van der Waals surface area contributed by atoms with Crippen LogP contribution >= 0.6 is 15.9 Å². The van der Waals surface area contributed by atoms with Gasteiger partial charge in [-0.1, -0.05) is 15.9 Å². The van der Waals surface area contributed by atoms with Crippen LogP contribution in [0.2, 0.25) is 0 Å².